The van der Waals surface area contributed by atoms with Crippen LogP contribution in [0.4, 0.5) is 15.8 Å². The average Bonchev–Trinajstić information content (AvgIpc) is 3.12. The summed E-state index contributed by atoms with van der Waals surface area (Å²) in [4.78, 5) is 24.2. The summed E-state index contributed by atoms with van der Waals surface area (Å²) in [6, 6.07) is 11.1. The zero-order valence-corrected chi connectivity index (χ0v) is 13.3. The Bertz CT molecular complexity index is 1110. The van der Waals surface area contributed by atoms with Gasteiger partial charge in [-0.3, -0.25) is 4.79 Å². The number of anilines is 2. The molecule has 0 aliphatic heterocycles. The van der Waals surface area contributed by atoms with E-state index in [1.807, 2.05) is 0 Å². The molecule has 0 radical (unpaired) electrons. The van der Waals surface area contributed by atoms with Gasteiger partial charge in [0.1, 0.15) is 5.69 Å². The van der Waals surface area contributed by atoms with Crippen molar-refractivity contribution in [2.24, 2.45) is 0 Å². The van der Waals surface area contributed by atoms with Crippen molar-refractivity contribution in [3.05, 3.63) is 66.7 Å². The second-order valence-corrected chi connectivity index (χ2v) is 5.50. The number of halogens is 1. The molecular weight excluding hydrogens is 337 g/mol. The van der Waals surface area contributed by atoms with E-state index in [-0.39, 0.29) is 5.69 Å². The van der Waals surface area contributed by atoms with Gasteiger partial charge >= 0.3 is 0 Å². The third kappa shape index (κ3) is 2.95. The molecule has 0 atom stereocenters. The van der Waals surface area contributed by atoms with Crippen LogP contribution in [0.15, 0.2) is 59.5 Å². The van der Waals surface area contributed by atoms with E-state index in [2.05, 4.69) is 20.3 Å². The highest BCUT2D eigenvalue weighted by molar-refractivity contribution is 6.05. The number of pyridine rings is 2. The molecule has 26 heavy (non-hydrogen) atoms. The summed E-state index contributed by atoms with van der Waals surface area (Å²) in [7, 11) is 0. The number of fused-ring (bicyclic) bond motifs is 1. The fraction of sp³-hybridized carbons (Fsp3) is 0. The van der Waals surface area contributed by atoms with Crippen LogP contribution in [0, 0.1) is 5.95 Å². The molecule has 1 amide bonds. The van der Waals surface area contributed by atoms with Crippen molar-refractivity contribution in [2.75, 3.05) is 11.1 Å². The van der Waals surface area contributed by atoms with Crippen LogP contribution in [-0.2, 0) is 0 Å². The van der Waals surface area contributed by atoms with Gasteiger partial charge in [0, 0.05) is 11.8 Å². The lowest BCUT2D eigenvalue weighted by Crippen LogP contribution is -2.14. The molecular formula is C18H12FN5O2. The van der Waals surface area contributed by atoms with Gasteiger partial charge in [-0.05, 0) is 42.0 Å². The van der Waals surface area contributed by atoms with Crippen LogP contribution in [0.1, 0.15) is 10.5 Å². The molecule has 4 aromatic rings. The van der Waals surface area contributed by atoms with Crippen molar-refractivity contribution in [2.45, 2.75) is 0 Å². The van der Waals surface area contributed by atoms with Gasteiger partial charge < -0.3 is 15.5 Å². The minimum Gasteiger partial charge on any atom is -0.442 e. The molecule has 128 valence electrons. The van der Waals surface area contributed by atoms with Crippen molar-refractivity contribution >= 4 is 28.5 Å². The molecule has 3 heterocycles. The number of rotatable bonds is 3. The summed E-state index contributed by atoms with van der Waals surface area (Å²) in [5.74, 6) is -0.997. The first-order valence-electron chi connectivity index (χ1n) is 7.63. The molecule has 0 aliphatic carbocycles. The van der Waals surface area contributed by atoms with Gasteiger partial charge in [0.2, 0.25) is 5.95 Å². The van der Waals surface area contributed by atoms with Crippen LogP contribution in [0.2, 0.25) is 0 Å². The molecule has 3 aromatic heterocycles. The maximum atomic E-state index is 13.0. The second-order valence-electron chi connectivity index (χ2n) is 5.50. The predicted molar refractivity (Wildman–Crippen MR) is 93.8 cm³/mol. The molecule has 7 nitrogen and oxygen atoms in total. The lowest BCUT2D eigenvalue weighted by molar-refractivity contribution is 0.102. The molecule has 1 aromatic carbocycles. The van der Waals surface area contributed by atoms with Crippen LogP contribution in [0.3, 0.4) is 0 Å². The van der Waals surface area contributed by atoms with Gasteiger partial charge in [-0.1, -0.05) is 6.07 Å². The van der Waals surface area contributed by atoms with E-state index in [4.69, 9.17) is 10.2 Å². The maximum absolute atomic E-state index is 13.0. The second kappa shape index (κ2) is 6.25. The van der Waals surface area contributed by atoms with E-state index >= 15 is 0 Å². The standard InChI is InChI=1S/C18H12FN5O2/c19-16-6-2-11(8-21-16)10-1-3-12(20)14(7-10)24-18(25)13-4-5-15-17(23-13)22-9-26-15/h1-9H,20H2,(H,24,25). The number of nitrogens with two attached hydrogens (primary N) is 1. The lowest BCUT2D eigenvalue weighted by Gasteiger charge is -2.10. The summed E-state index contributed by atoms with van der Waals surface area (Å²) in [5, 5.41) is 2.73. The Labute approximate surface area is 146 Å². The first kappa shape index (κ1) is 15.7. The van der Waals surface area contributed by atoms with Gasteiger partial charge in [0.15, 0.2) is 17.6 Å². The highest BCUT2D eigenvalue weighted by Gasteiger charge is 2.13. The molecule has 0 fully saturated rings. The van der Waals surface area contributed by atoms with Gasteiger partial charge in [0.05, 0.1) is 11.4 Å². The van der Waals surface area contributed by atoms with Crippen LogP contribution in [0.5, 0.6) is 0 Å². The minimum absolute atomic E-state index is 0.180. The zero-order chi connectivity index (χ0) is 18.1. The molecule has 4 rings (SSSR count). The Morgan fingerprint density at radius 3 is 2.73 bits per heavy atom. The fourth-order valence-corrected chi connectivity index (χ4v) is 2.46. The number of aromatic nitrogens is 3. The normalized spacial score (nSPS) is 10.8. The van der Waals surface area contributed by atoms with Crippen molar-refractivity contribution in [1.82, 2.24) is 15.0 Å². The Balaban J connectivity index is 1.63. The van der Waals surface area contributed by atoms with Crippen molar-refractivity contribution in [1.29, 1.82) is 0 Å². The van der Waals surface area contributed by atoms with Gasteiger partial charge in [-0.25, -0.2) is 9.97 Å². The van der Waals surface area contributed by atoms with E-state index < -0.39 is 11.9 Å². The Morgan fingerprint density at radius 1 is 1.08 bits per heavy atom. The quantitative estimate of drug-likeness (QED) is 0.434. The molecule has 0 saturated heterocycles. The van der Waals surface area contributed by atoms with Crippen LogP contribution < -0.4 is 11.1 Å². The first-order valence-corrected chi connectivity index (χ1v) is 7.63. The number of hydrogen-bond acceptors (Lipinski definition) is 6. The van der Waals surface area contributed by atoms with E-state index in [0.29, 0.717) is 28.2 Å². The van der Waals surface area contributed by atoms with Gasteiger partial charge in [-0.15, -0.1) is 0 Å². The van der Waals surface area contributed by atoms with Crippen LogP contribution >= 0.6 is 0 Å². The molecule has 0 saturated carbocycles. The largest absolute Gasteiger partial charge is 0.442 e. The summed E-state index contributed by atoms with van der Waals surface area (Å²) in [6.45, 7) is 0. The monoisotopic (exact) mass is 349 g/mol. The number of nitrogen functional groups attached to an aromatic ring is 1. The zero-order valence-electron chi connectivity index (χ0n) is 13.3. The third-order valence-corrected chi connectivity index (χ3v) is 3.79. The number of benzene rings is 1. The van der Waals surface area contributed by atoms with E-state index in [0.717, 1.165) is 5.56 Å². The Hall–Kier alpha value is -3.81. The summed E-state index contributed by atoms with van der Waals surface area (Å²) in [6.07, 6.45) is 2.67. The highest BCUT2D eigenvalue weighted by atomic mass is 19.1. The fourth-order valence-electron chi connectivity index (χ4n) is 2.46. The number of oxazole rings is 1. The van der Waals surface area contributed by atoms with Gasteiger partial charge in [0.25, 0.3) is 5.91 Å². The molecule has 3 N–H and O–H groups in total. The van der Waals surface area contributed by atoms with Crippen molar-refractivity contribution in [3.63, 3.8) is 0 Å². The van der Waals surface area contributed by atoms with Crippen LogP contribution in [-0.4, -0.2) is 20.9 Å². The van der Waals surface area contributed by atoms with Crippen LogP contribution in [0.25, 0.3) is 22.4 Å². The number of carbonyl (C=O) groups excluding carboxylic acids is 1. The molecule has 0 spiro atoms. The minimum atomic E-state index is -0.563. The number of nitrogens with zero attached hydrogens (tertiary/aromatic N) is 3. The van der Waals surface area contributed by atoms with E-state index in [9.17, 15) is 9.18 Å². The summed E-state index contributed by atoms with van der Waals surface area (Å²) in [5.41, 5.74) is 9.21. The van der Waals surface area contributed by atoms with E-state index in [1.165, 1.54) is 24.7 Å². The van der Waals surface area contributed by atoms with Gasteiger partial charge in [-0.2, -0.15) is 9.37 Å². The molecule has 0 bridgehead atoms. The first-order chi connectivity index (χ1) is 12.6. The highest BCUT2D eigenvalue weighted by Crippen LogP contribution is 2.27. The molecule has 0 unspecified atom stereocenters. The van der Waals surface area contributed by atoms with Crippen molar-refractivity contribution in [3.8, 4) is 11.1 Å². The number of amides is 1. The topological polar surface area (TPSA) is 107 Å². The maximum Gasteiger partial charge on any atom is 0.274 e. The average molecular weight is 349 g/mol. The smallest absolute Gasteiger partial charge is 0.274 e. The number of carbonyl (C=O) groups is 1. The molecule has 0 aliphatic rings. The van der Waals surface area contributed by atoms with E-state index in [1.54, 1.807) is 30.3 Å². The predicted octanol–water partition coefficient (Wildman–Crippen LogP) is 3.26. The summed E-state index contributed by atoms with van der Waals surface area (Å²) >= 11 is 0. The Morgan fingerprint density at radius 2 is 1.92 bits per heavy atom. The Kier molecular flexibility index (Phi) is 3.77. The third-order valence-electron chi connectivity index (χ3n) is 3.79. The lowest BCUT2D eigenvalue weighted by atomic mass is 10.1. The SMILES string of the molecule is Nc1ccc(-c2ccc(F)nc2)cc1NC(=O)c1ccc2ocnc2n1. The van der Waals surface area contributed by atoms with Crippen molar-refractivity contribution < 1.29 is 13.6 Å². The number of hydrogen-bond donors (Lipinski definition) is 2. The molecule has 8 heteroatoms. The summed E-state index contributed by atoms with van der Waals surface area (Å²) < 4.78 is 18.1. The number of nitrogens with one attached hydrogen (secondary N) is 1.